The number of aromatic nitrogens is 1. The lowest BCUT2D eigenvalue weighted by Crippen LogP contribution is -2.15. The number of rotatable bonds is 5. The van der Waals surface area contributed by atoms with E-state index in [4.69, 9.17) is 10.5 Å². The van der Waals surface area contributed by atoms with Gasteiger partial charge in [-0.25, -0.2) is 12.8 Å². The molecule has 0 saturated heterocycles. The van der Waals surface area contributed by atoms with Gasteiger partial charge in [0.1, 0.15) is 10.6 Å². The van der Waals surface area contributed by atoms with E-state index in [1.54, 1.807) is 6.07 Å². The summed E-state index contributed by atoms with van der Waals surface area (Å²) >= 11 is 0. The van der Waals surface area contributed by atoms with Gasteiger partial charge in [-0.1, -0.05) is 6.07 Å². The van der Waals surface area contributed by atoms with E-state index in [-0.39, 0.29) is 22.9 Å². The Labute approximate surface area is 121 Å². The molecular formula is C13H14FN3O3S. The van der Waals surface area contributed by atoms with E-state index in [0.29, 0.717) is 0 Å². The molecule has 0 atom stereocenters. The van der Waals surface area contributed by atoms with E-state index in [0.717, 1.165) is 11.8 Å². The van der Waals surface area contributed by atoms with E-state index < -0.39 is 15.8 Å². The lowest BCUT2D eigenvalue weighted by Gasteiger charge is -2.12. The van der Waals surface area contributed by atoms with Crippen LogP contribution in [0.3, 0.4) is 0 Å². The molecule has 2 rings (SSSR count). The first-order valence-electron chi connectivity index (χ1n) is 5.97. The average molecular weight is 311 g/mol. The van der Waals surface area contributed by atoms with Gasteiger partial charge in [0.15, 0.2) is 5.82 Å². The monoisotopic (exact) mass is 311 g/mol. The van der Waals surface area contributed by atoms with Gasteiger partial charge in [0.2, 0.25) is 0 Å². The highest BCUT2D eigenvalue weighted by Crippen LogP contribution is 2.27. The molecule has 6 nitrogen and oxygen atoms in total. The van der Waals surface area contributed by atoms with E-state index in [1.165, 1.54) is 31.5 Å². The van der Waals surface area contributed by atoms with Crippen molar-refractivity contribution < 1.29 is 17.5 Å². The number of methoxy groups -OCH3 is 1. The molecule has 0 unspecified atom stereocenters. The van der Waals surface area contributed by atoms with Crippen molar-refractivity contribution in [2.24, 2.45) is 5.73 Å². The fraction of sp³-hybridized carbons (Fsp3) is 0.154. The van der Waals surface area contributed by atoms with Crippen LogP contribution >= 0.6 is 0 Å². The molecule has 21 heavy (non-hydrogen) atoms. The lowest BCUT2D eigenvalue weighted by atomic mass is 10.2. The number of benzene rings is 1. The van der Waals surface area contributed by atoms with Gasteiger partial charge in [-0.15, -0.1) is 0 Å². The van der Waals surface area contributed by atoms with E-state index in [1.807, 2.05) is 0 Å². The van der Waals surface area contributed by atoms with Crippen LogP contribution in [0.2, 0.25) is 0 Å². The minimum Gasteiger partial charge on any atom is -0.495 e. The van der Waals surface area contributed by atoms with Gasteiger partial charge in [-0.3, -0.25) is 9.71 Å². The highest BCUT2D eigenvalue weighted by Gasteiger charge is 2.21. The van der Waals surface area contributed by atoms with Gasteiger partial charge >= 0.3 is 0 Å². The van der Waals surface area contributed by atoms with Gasteiger partial charge < -0.3 is 10.5 Å². The Morgan fingerprint density at radius 3 is 2.76 bits per heavy atom. The maximum Gasteiger partial charge on any atom is 0.265 e. The number of pyridine rings is 1. The van der Waals surface area contributed by atoms with Gasteiger partial charge in [0.05, 0.1) is 19.0 Å². The third-order valence-corrected chi connectivity index (χ3v) is 4.17. The van der Waals surface area contributed by atoms with Crippen molar-refractivity contribution in [1.82, 2.24) is 4.98 Å². The second kappa shape index (κ2) is 6.06. The van der Waals surface area contributed by atoms with Crippen LogP contribution in [0.1, 0.15) is 5.56 Å². The summed E-state index contributed by atoms with van der Waals surface area (Å²) in [6.07, 6.45) is 2.21. The van der Waals surface area contributed by atoms with Crippen molar-refractivity contribution in [2.75, 3.05) is 11.8 Å². The molecule has 0 aliphatic heterocycles. The van der Waals surface area contributed by atoms with Crippen LogP contribution in [0.5, 0.6) is 5.75 Å². The molecule has 0 spiro atoms. The molecule has 112 valence electrons. The first-order chi connectivity index (χ1) is 9.97. The van der Waals surface area contributed by atoms with Gasteiger partial charge in [-0.05, 0) is 23.8 Å². The summed E-state index contributed by atoms with van der Waals surface area (Å²) in [5.41, 5.74) is 6.04. The van der Waals surface area contributed by atoms with Gasteiger partial charge in [0.25, 0.3) is 10.0 Å². The maximum absolute atomic E-state index is 13.5. The first-order valence-corrected chi connectivity index (χ1v) is 7.45. The summed E-state index contributed by atoms with van der Waals surface area (Å²) in [6.45, 7) is 0.253. The predicted octanol–water partition coefficient (Wildman–Crippen LogP) is 1.49. The zero-order chi connectivity index (χ0) is 15.5. The van der Waals surface area contributed by atoms with E-state index in [9.17, 15) is 12.8 Å². The van der Waals surface area contributed by atoms with Crippen molar-refractivity contribution in [3.63, 3.8) is 0 Å². The van der Waals surface area contributed by atoms with Crippen LogP contribution < -0.4 is 15.2 Å². The molecule has 0 aliphatic rings. The number of nitrogens with two attached hydrogens (primary N) is 1. The maximum atomic E-state index is 13.5. The van der Waals surface area contributed by atoms with Crippen LogP contribution in [-0.4, -0.2) is 20.5 Å². The quantitative estimate of drug-likeness (QED) is 0.872. The molecule has 0 bridgehead atoms. The van der Waals surface area contributed by atoms with Crippen LogP contribution in [0.15, 0.2) is 41.6 Å². The fourth-order valence-electron chi connectivity index (χ4n) is 1.72. The molecule has 0 saturated carbocycles. The molecule has 8 heteroatoms. The average Bonchev–Trinajstić information content (AvgIpc) is 2.48. The Kier molecular flexibility index (Phi) is 4.39. The largest absolute Gasteiger partial charge is 0.495 e. The SMILES string of the molecule is COc1cc(CN)ccc1S(=O)(=O)Nc1ccncc1F. The number of hydrogen-bond acceptors (Lipinski definition) is 5. The second-order valence-corrected chi connectivity index (χ2v) is 5.80. The third-order valence-electron chi connectivity index (χ3n) is 2.77. The Hall–Kier alpha value is -2.19. The molecule has 1 heterocycles. The molecule has 0 fully saturated rings. The minimum atomic E-state index is -3.99. The van der Waals surface area contributed by atoms with E-state index in [2.05, 4.69) is 9.71 Å². The number of ether oxygens (including phenoxy) is 1. The molecule has 0 radical (unpaired) electrons. The molecule has 2 aromatic rings. The zero-order valence-corrected chi connectivity index (χ0v) is 12.0. The Balaban J connectivity index is 2.42. The molecule has 0 aliphatic carbocycles. The molecule has 1 aromatic heterocycles. The van der Waals surface area contributed by atoms with Gasteiger partial charge in [-0.2, -0.15) is 0 Å². The zero-order valence-electron chi connectivity index (χ0n) is 11.2. The van der Waals surface area contributed by atoms with Gasteiger partial charge in [0, 0.05) is 12.7 Å². The van der Waals surface area contributed by atoms with Crippen LogP contribution in [0.25, 0.3) is 0 Å². The Bertz CT molecular complexity index is 750. The molecule has 1 aromatic carbocycles. The van der Waals surface area contributed by atoms with Crippen molar-refractivity contribution in [2.45, 2.75) is 11.4 Å². The summed E-state index contributed by atoms with van der Waals surface area (Å²) in [5.74, 6) is -0.626. The number of halogens is 1. The number of nitrogens with zero attached hydrogens (tertiary/aromatic N) is 1. The first kappa shape index (κ1) is 15.2. The Morgan fingerprint density at radius 2 is 2.14 bits per heavy atom. The minimum absolute atomic E-state index is 0.0987. The normalized spacial score (nSPS) is 11.2. The van der Waals surface area contributed by atoms with Crippen LogP contribution in [0, 0.1) is 5.82 Å². The van der Waals surface area contributed by atoms with Crippen molar-refractivity contribution >= 4 is 15.7 Å². The highest BCUT2D eigenvalue weighted by atomic mass is 32.2. The van der Waals surface area contributed by atoms with Crippen molar-refractivity contribution in [3.8, 4) is 5.75 Å². The molecular weight excluding hydrogens is 297 g/mol. The molecule has 3 N–H and O–H groups in total. The highest BCUT2D eigenvalue weighted by molar-refractivity contribution is 7.92. The topological polar surface area (TPSA) is 94.3 Å². The summed E-state index contributed by atoms with van der Waals surface area (Å²) in [4.78, 5) is 3.46. The summed E-state index contributed by atoms with van der Waals surface area (Å²) in [7, 11) is -2.64. The van der Waals surface area contributed by atoms with Crippen molar-refractivity contribution in [3.05, 3.63) is 48.0 Å². The van der Waals surface area contributed by atoms with E-state index >= 15 is 0 Å². The number of anilines is 1. The van der Waals surface area contributed by atoms with Crippen LogP contribution in [0.4, 0.5) is 10.1 Å². The summed E-state index contributed by atoms with van der Waals surface area (Å²) < 4.78 is 45.4. The lowest BCUT2D eigenvalue weighted by molar-refractivity contribution is 0.402. The summed E-state index contributed by atoms with van der Waals surface area (Å²) in [5, 5.41) is 0. The standard InChI is InChI=1S/C13H14FN3O3S/c1-20-12-6-9(7-15)2-3-13(12)21(18,19)17-11-4-5-16-8-10(11)14/h2-6,8H,7,15H2,1H3,(H,16,17). The summed E-state index contributed by atoms with van der Waals surface area (Å²) in [6, 6.07) is 5.69. The van der Waals surface area contributed by atoms with Crippen LogP contribution in [-0.2, 0) is 16.6 Å². The predicted molar refractivity (Wildman–Crippen MR) is 75.9 cm³/mol. The number of nitrogens with one attached hydrogen (secondary N) is 1. The number of hydrogen-bond donors (Lipinski definition) is 2. The second-order valence-electron chi connectivity index (χ2n) is 4.15. The fourth-order valence-corrected chi connectivity index (χ4v) is 2.94. The third kappa shape index (κ3) is 3.29. The molecule has 0 amide bonds. The van der Waals surface area contributed by atoms with Crippen molar-refractivity contribution in [1.29, 1.82) is 0 Å². The Morgan fingerprint density at radius 1 is 1.38 bits per heavy atom. The number of sulfonamides is 1. The smallest absolute Gasteiger partial charge is 0.265 e.